The monoisotopic (exact) mass is 187 g/mol. The Morgan fingerprint density at radius 3 is 2.71 bits per heavy atom. The van der Waals surface area contributed by atoms with Gasteiger partial charge in [0.25, 0.3) is 5.91 Å². The van der Waals surface area contributed by atoms with Crippen molar-refractivity contribution in [3.8, 4) is 0 Å². The standard InChI is InChI=1S/C10H9N3O/c14-10(13-8-11-7-12-13)6-9-4-2-1-3-5-9/h1-5,7-8H,6H2. The second kappa shape index (κ2) is 3.83. The lowest BCUT2D eigenvalue weighted by molar-refractivity contribution is 0.0898. The van der Waals surface area contributed by atoms with Crippen molar-refractivity contribution in [1.29, 1.82) is 0 Å². The molecule has 0 spiro atoms. The maximum atomic E-state index is 11.5. The molecule has 70 valence electrons. The predicted molar refractivity (Wildman–Crippen MR) is 50.8 cm³/mol. The Bertz CT molecular complexity index is 408. The number of carbonyl (C=O) groups is 1. The third-order valence-electron chi connectivity index (χ3n) is 1.87. The zero-order chi connectivity index (χ0) is 9.80. The van der Waals surface area contributed by atoms with Gasteiger partial charge in [-0.1, -0.05) is 30.3 Å². The number of nitrogens with zero attached hydrogens (tertiary/aromatic N) is 3. The lowest BCUT2D eigenvalue weighted by atomic mass is 10.1. The summed E-state index contributed by atoms with van der Waals surface area (Å²) < 4.78 is 1.24. The van der Waals surface area contributed by atoms with Crippen LogP contribution in [0, 0.1) is 0 Å². The van der Waals surface area contributed by atoms with E-state index in [1.807, 2.05) is 30.3 Å². The van der Waals surface area contributed by atoms with E-state index in [0.29, 0.717) is 6.42 Å². The largest absolute Gasteiger partial charge is 0.272 e. The maximum Gasteiger partial charge on any atom is 0.252 e. The van der Waals surface area contributed by atoms with Gasteiger partial charge in [-0.15, -0.1) is 0 Å². The molecule has 0 amide bonds. The zero-order valence-corrected chi connectivity index (χ0v) is 7.50. The smallest absolute Gasteiger partial charge is 0.252 e. The molecule has 0 aliphatic rings. The fraction of sp³-hybridized carbons (Fsp3) is 0.100. The molecule has 0 N–H and O–H groups in total. The topological polar surface area (TPSA) is 47.8 Å². The van der Waals surface area contributed by atoms with Gasteiger partial charge in [0.05, 0.1) is 6.42 Å². The summed E-state index contributed by atoms with van der Waals surface area (Å²) in [6.07, 6.45) is 3.11. The van der Waals surface area contributed by atoms with Gasteiger partial charge in [0.15, 0.2) is 0 Å². The Morgan fingerprint density at radius 2 is 2.07 bits per heavy atom. The SMILES string of the molecule is O=C(Cc1ccccc1)n1cncn1. The lowest BCUT2D eigenvalue weighted by Crippen LogP contribution is -2.13. The molecule has 0 radical (unpaired) electrons. The van der Waals surface area contributed by atoms with Crippen LogP contribution in [0.15, 0.2) is 43.0 Å². The van der Waals surface area contributed by atoms with E-state index in [9.17, 15) is 4.79 Å². The fourth-order valence-corrected chi connectivity index (χ4v) is 1.19. The molecule has 14 heavy (non-hydrogen) atoms. The second-order valence-corrected chi connectivity index (χ2v) is 2.90. The number of carbonyl (C=O) groups excluding carboxylic acids is 1. The highest BCUT2D eigenvalue weighted by Crippen LogP contribution is 2.00. The van der Waals surface area contributed by atoms with E-state index in [0.717, 1.165) is 5.56 Å². The minimum Gasteiger partial charge on any atom is -0.272 e. The number of rotatable bonds is 2. The first-order chi connectivity index (χ1) is 6.86. The van der Waals surface area contributed by atoms with Crippen molar-refractivity contribution >= 4 is 5.91 Å². The summed E-state index contributed by atoms with van der Waals surface area (Å²) >= 11 is 0. The zero-order valence-electron chi connectivity index (χ0n) is 7.50. The number of hydrogen-bond acceptors (Lipinski definition) is 3. The van der Waals surface area contributed by atoms with Gasteiger partial charge in [-0.3, -0.25) is 4.79 Å². The third-order valence-corrected chi connectivity index (χ3v) is 1.87. The van der Waals surface area contributed by atoms with Gasteiger partial charge in [-0.25, -0.2) is 4.98 Å². The summed E-state index contributed by atoms with van der Waals surface area (Å²) in [5.74, 6) is -0.0753. The van der Waals surface area contributed by atoms with Crippen LogP contribution in [0.2, 0.25) is 0 Å². The quantitative estimate of drug-likeness (QED) is 0.708. The maximum absolute atomic E-state index is 11.5. The number of aromatic nitrogens is 3. The first-order valence-corrected chi connectivity index (χ1v) is 4.28. The Balaban J connectivity index is 2.10. The van der Waals surface area contributed by atoms with E-state index in [4.69, 9.17) is 0 Å². The predicted octanol–water partition coefficient (Wildman–Crippen LogP) is 1.16. The molecule has 1 aromatic carbocycles. The van der Waals surface area contributed by atoms with Gasteiger partial charge in [0.1, 0.15) is 12.7 Å². The molecular weight excluding hydrogens is 178 g/mol. The third kappa shape index (κ3) is 1.85. The van der Waals surface area contributed by atoms with Crippen LogP contribution < -0.4 is 0 Å². The van der Waals surface area contributed by atoms with Crippen molar-refractivity contribution in [1.82, 2.24) is 14.8 Å². The molecule has 0 saturated heterocycles. The first kappa shape index (κ1) is 8.62. The van der Waals surface area contributed by atoms with E-state index in [-0.39, 0.29) is 5.91 Å². The average Bonchev–Trinajstić information content (AvgIpc) is 2.72. The van der Waals surface area contributed by atoms with Crippen LogP contribution in [0.3, 0.4) is 0 Å². The summed E-state index contributed by atoms with van der Waals surface area (Å²) in [7, 11) is 0. The Morgan fingerprint density at radius 1 is 1.29 bits per heavy atom. The Kier molecular flexibility index (Phi) is 2.36. The highest BCUT2D eigenvalue weighted by atomic mass is 16.2. The Hall–Kier alpha value is -1.97. The summed E-state index contributed by atoms with van der Waals surface area (Å²) in [5.41, 5.74) is 0.980. The lowest BCUT2D eigenvalue weighted by Gasteiger charge is -1.99. The van der Waals surface area contributed by atoms with Crippen LogP contribution in [0.4, 0.5) is 0 Å². The minimum atomic E-state index is -0.0753. The number of benzene rings is 1. The van der Waals surface area contributed by atoms with Crippen molar-refractivity contribution in [2.75, 3.05) is 0 Å². The molecule has 0 aliphatic heterocycles. The highest BCUT2D eigenvalue weighted by Gasteiger charge is 2.05. The van der Waals surface area contributed by atoms with Crippen molar-refractivity contribution in [3.05, 3.63) is 48.5 Å². The molecule has 0 aliphatic carbocycles. The summed E-state index contributed by atoms with van der Waals surface area (Å²) in [5, 5.41) is 3.77. The summed E-state index contributed by atoms with van der Waals surface area (Å²) in [6, 6.07) is 9.56. The molecular formula is C10H9N3O. The van der Waals surface area contributed by atoms with Crippen molar-refractivity contribution in [2.24, 2.45) is 0 Å². The molecule has 4 nitrogen and oxygen atoms in total. The molecule has 2 rings (SSSR count). The normalized spacial score (nSPS) is 10.0. The molecule has 0 atom stereocenters. The van der Waals surface area contributed by atoms with Gasteiger partial charge in [-0.05, 0) is 5.56 Å². The average molecular weight is 187 g/mol. The minimum absolute atomic E-state index is 0.0753. The molecule has 4 heteroatoms. The van der Waals surface area contributed by atoms with Gasteiger partial charge < -0.3 is 0 Å². The first-order valence-electron chi connectivity index (χ1n) is 4.28. The molecule has 0 bridgehead atoms. The van der Waals surface area contributed by atoms with Crippen LogP contribution in [0.1, 0.15) is 10.4 Å². The van der Waals surface area contributed by atoms with Gasteiger partial charge in [0, 0.05) is 0 Å². The van der Waals surface area contributed by atoms with Crippen LogP contribution in [0.25, 0.3) is 0 Å². The Labute approximate surface area is 81.2 Å². The van der Waals surface area contributed by atoms with Crippen LogP contribution in [0.5, 0.6) is 0 Å². The van der Waals surface area contributed by atoms with E-state index in [2.05, 4.69) is 10.1 Å². The van der Waals surface area contributed by atoms with E-state index in [1.54, 1.807) is 0 Å². The second-order valence-electron chi connectivity index (χ2n) is 2.90. The summed E-state index contributed by atoms with van der Waals surface area (Å²) in [4.78, 5) is 15.3. The molecule has 0 saturated carbocycles. The van der Waals surface area contributed by atoms with Crippen LogP contribution in [-0.2, 0) is 6.42 Å². The van der Waals surface area contributed by atoms with Crippen molar-refractivity contribution in [2.45, 2.75) is 6.42 Å². The fourth-order valence-electron chi connectivity index (χ4n) is 1.19. The van der Waals surface area contributed by atoms with Gasteiger partial charge in [-0.2, -0.15) is 9.78 Å². The van der Waals surface area contributed by atoms with Crippen molar-refractivity contribution in [3.63, 3.8) is 0 Å². The molecule has 1 aromatic heterocycles. The van der Waals surface area contributed by atoms with Crippen LogP contribution >= 0.6 is 0 Å². The molecule has 1 heterocycles. The molecule has 2 aromatic rings. The number of hydrogen-bond donors (Lipinski definition) is 0. The molecule has 0 unspecified atom stereocenters. The van der Waals surface area contributed by atoms with Gasteiger partial charge >= 0.3 is 0 Å². The van der Waals surface area contributed by atoms with Crippen LogP contribution in [-0.4, -0.2) is 20.7 Å². The summed E-state index contributed by atoms with van der Waals surface area (Å²) in [6.45, 7) is 0. The van der Waals surface area contributed by atoms with E-state index >= 15 is 0 Å². The highest BCUT2D eigenvalue weighted by molar-refractivity contribution is 5.79. The van der Waals surface area contributed by atoms with E-state index < -0.39 is 0 Å². The molecule has 0 fully saturated rings. The van der Waals surface area contributed by atoms with E-state index in [1.165, 1.54) is 17.3 Å². The van der Waals surface area contributed by atoms with Gasteiger partial charge in [0.2, 0.25) is 0 Å². The van der Waals surface area contributed by atoms with Crippen molar-refractivity contribution < 1.29 is 4.79 Å².